The van der Waals surface area contributed by atoms with Crippen LogP contribution in [0.1, 0.15) is 122 Å². The molecule has 4 aromatic rings. The van der Waals surface area contributed by atoms with Crippen molar-refractivity contribution in [1.29, 1.82) is 0 Å². The minimum absolute atomic E-state index is 0.0377. The van der Waals surface area contributed by atoms with E-state index < -0.39 is 21.2 Å². The highest BCUT2D eigenvalue weighted by Crippen LogP contribution is 2.48. The van der Waals surface area contributed by atoms with Gasteiger partial charge in [0.05, 0.1) is 48.1 Å². The molecule has 2 amide bonds. The van der Waals surface area contributed by atoms with Crippen LogP contribution in [-0.4, -0.2) is 84.2 Å². The summed E-state index contributed by atoms with van der Waals surface area (Å²) in [6.45, 7) is 8.20. The number of nitrogens with one attached hydrogen (secondary N) is 2. The lowest BCUT2D eigenvalue weighted by atomic mass is 9.81. The number of hydrogen-bond acceptors (Lipinski definition) is 8. The first kappa shape index (κ1) is 39.0. The zero-order valence-electron chi connectivity index (χ0n) is 33.4. The molecule has 0 unspecified atom stereocenters. The van der Waals surface area contributed by atoms with E-state index in [1.807, 2.05) is 22.9 Å². The molecule has 3 aliphatic heterocycles. The van der Waals surface area contributed by atoms with E-state index in [2.05, 4.69) is 56.9 Å². The summed E-state index contributed by atoms with van der Waals surface area (Å²) < 4.78 is 43.8. The third-order valence-corrected chi connectivity index (χ3v) is 14.0. The molecule has 0 spiro atoms. The molecule has 1 saturated carbocycles. The van der Waals surface area contributed by atoms with E-state index in [0.29, 0.717) is 37.8 Å². The van der Waals surface area contributed by atoms with Crippen molar-refractivity contribution >= 4 is 44.4 Å². The van der Waals surface area contributed by atoms with E-state index in [1.165, 1.54) is 12.0 Å². The van der Waals surface area contributed by atoms with Gasteiger partial charge in [0.15, 0.2) is 0 Å². The summed E-state index contributed by atoms with van der Waals surface area (Å²) in [5.74, 6) is 0.190. The number of carbonyl (C=O) groups is 2. The molecule has 5 heterocycles. The summed E-state index contributed by atoms with van der Waals surface area (Å²) in [6.07, 6.45) is 16.1. The van der Waals surface area contributed by atoms with E-state index >= 15 is 0 Å². The SMILES string of the molecule is CCN1C=CC[C@H]1CNC(=O)c1cnn(C2CCOCC2)c1C1=Cc2cc(OC)ccc2-c2c(C3CCCCC3)c3ccc(C(=O)NS(=O)(=O)C(C)C)cc3n2C1. The summed E-state index contributed by atoms with van der Waals surface area (Å²) >= 11 is 0. The number of ether oxygens (including phenoxy) is 2. The second-order valence-corrected chi connectivity index (χ2v) is 18.3. The van der Waals surface area contributed by atoms with E-state index in [-0.39, 0.29) is 23.6 Å². The van der Waals surface area contributed by atoms with Gasteiger partial charge >= 0.3 is 0 Å². The number of aromatic nitrogens is 3. The Hall–Kier alpha value is -4.88. The van der Waals surface area contributed by atoms with Gasteiger partial charge in [0.2, 0.25) is 10.0 Å². The molecule has 1 atom stereocenters. The van der Waals surface area contributed by atoms with Crippen molar-refractivity contribution in [2.24, 2.45) is 0 Å². The average Bonchev–Trinajstić information content (AvgIpc) is 3.93. The normalized spacial score (nSPS) is 19.0. The highest BCUT2D eigenvalue weighted by atomic mass is 32.2. The number of likely N-dealkylation sites (N-methyl/N-ethyl adjacent to an activating group) is 1. The predicted octanol–water partition coefficient (Wildman–Crippen LogP) is 7.27. The first-order chi connectivity index (χ1) is 27.6. The van der Waals surface area contributed by atoms with Crippen LogP contribution in [0.25, 0.3) is 33.8 Å². The summed E-state index contributed by atoms with van der Waals surface area (Å²) in [6, 6.07) is 12.0. The van der Waals surface area contributed by atoms with Gasteiger partial charge in [-0.25, -0.2) is 13.1 Å². The smallest absolute Gasteiger partial charge is 0.264 e. The molecule has 8 rings (SSSR count). The highest BCUT2D eigenvalue weighted by Gasteiger charge is 2.33. The van der Waals surface area contributed by atoms with Crippen molar-refractivity contribution in [2.75, 3.05) is 33.4 Å². The van der Waals surface area contributed by atoms with Crippen molar-refractivity contribution in [3.63, 3.8) is 0 Å². The number of fused-ring (bicyclic) bond motifs is 5. The van der Waals surface area contributed by atoms with E-state index in [1.54, 1.807) is 33.2 Å². The molecule has 13 heteroatoms. The van der Waals surface area contributed by atoms with Crippen molar-refractivity contribution in [1.82, 2.24) is 29.3 Å². The maximum absolute atomic E-state index is 14.4. The molecule has 2 N–H and O–H groups in total. The Morgan fingerprint density at radius 1 is 1.00 bits per heavy atom. The van der Waals surface area contributed by atoms with Crippen LogP contribution in [-0.2, 0) is 21.3 Å². The Balaban J connectivity index is 1.31. The number of methoxy groups -OCH3 is 1. The number of benzene rings is 2. The van der Waals surface area contributed by atoms with Gasteiger partial charge in [-0.05, 0) is 118 Å². The van der Waals surface area contributed by atoms with Gasteiger partial charge in [-0.15, -0.1) is 0 Å². The average molecular weight is 795 g/mol. The van der Waals surface area contributed by atoms with Crippen molar-refractivity contribution in [3.05, 3.63) is 82.8 Å². The molecule has 0 radical (unpaired) electrons. The number of rotatable bonds is 11. The molecule has 1 saturated heterocycles. The number of allylic oxidation sites excluding steroid dienone is 1. The van der Waals surface area contributed by atoms with Crippen LogP contribution in [0.4, 0.5) is 0 Å². The molecule has 4 aliphatic rings. The zero-order chi connectivity index (χ0) is 39.8. The minimum atomic E-state index is -3.85. The Bertz CT molecular complexity index is 2340. The number of nitrogens with zero attached hydrogens (tertiary/aromatic N) is 4. The van der Waals surface area contributed by atoms with Crippen LogP contribution in [0.15, 0.2) is 54.9 Å². The second kappa shape index (κ2) is 16.2. The number of carbonyl (C=O) groups excluding carboxylic acids is 2. The maximum Gasteiger partial charge on any atom is 0.264 e. The maximum atomic E-state index is 14.4. The quantitative estimate of drug-likeness (QED) is 0.162. The van der Waals surface area contributed by atoms with E-state index in [9.17, 15) is 18.0 Å². The second-order valence-electron chi connectivity index (χ2n) is 16.1. The predicted molar refractivity (Wildman–Crippen MR) is 223 cm³/mol. The number of sulfonamides is 1. The van der Waals surface area contributed by atoms with Gasteiger partial charge in [0.1, 0.15) is 5.75 Å². The number of amides is 2. The van der Waals surface area contributed by atoms with Crippen molar-refractivity contribution in [3.8, 4) is 17.0 Å². The Labute approximate surface area is 335 Å². The first-order valence-corrected chi connectivity index (χ1v) is 22.1. The van der Waals surface area contributed by atoms with E-state index in [0.717, 1.165) is 96.2 Å². The number of hydrogen-bond donors (Lipinski definition) is 2. The standard InChI is InChI=1S/C44H54N6O6S/c1-5-48-19-9-12-34(48)25-45-44(52)38-26-46-50(33-17-20-56-21-18-33)41(38)32-22-31-23-35(55-4)14-16-36(31)42-40(29-10-7-6-8-11-29)37-15-13-30(24-39(37)49(42)27-32)43(51)47-57(53,54)28(2)3/h9,13-16,19,22-24,26,28-29,33-34H,5-8,10-12,17-18,20-21,25,27H2,1-4H3,(H,45,52)(H,47,51)/t34-/m0/s1. The van der Waals surface area contributed by atoms with Crippen LogP contribution < -0.4 is 14.8 Å². The molecule has 2 fully saturated rings. The topological polar surface area (TPSA) is 137 Å². The molecule has 12 nitrogen and oxygen atoms in total. The fourth-order valence-corrected chi connectivity index (χ4v) is 9.78. The van der Waals surface area contributed by atoms with Crippen molar-refractivity contribution in [2.45, 2.75) is 102 Å². The van der Waals surface area contributed by atoms with Crippen LogP contribution >= 0.6 is 0 Å². The van der Waals surface area contributed by atoms with Gasteiger partial charge in [-0.3, -0.25) is 14.3 Å². The summed E-state index contributed by atoms with van der Waals surface area (Å²) in [4.78, 5) is 30.2. The van der Waals surface area contributed by atoms with Crippen LogP contribution in [0, 0.1) is 0 Å². The van der Waals surface area contributed by atoms with Crippen LogP contribution in [0.3, 0.4) is 0 Å². The summed E-state index contributed by atoms with van der Waals surface area (Å²) in [7, 11) is -2.18. The van der Waals surface area contributed by atoms with E-state index in [4.69, 9.17) is 14.6 Å². The molecule has 57 heavy (non-hydrogen) atoms. The monoisotopic (exact) mass is 794 g/mol. The minimum Gasteiger partial charge on any atom is -0.497 e. The van der Waals surface area contributed by atoms with Crippen molar-refractivity contribution < 1.29 is 27.5 Å². The summed E-state index contributed by atoms with van der Waals surface area (Å²) in [5.41, 5.74) is 7.60. The third-order valence-electron chi connectivity index (χ3n) is 12.3. The van der Waals surface area contributed by atoms with Gasteiger partial charge in [-0.1, -0.05) is 31.4 Å². The Morgan fingerprint density at radius 3 is 2.53 bits per heavy atom. The molecule has 1 aliphatic carbocycles. The first-order valence-electron chi connectivity index (χ1n) is 20.5. The van der Waals surface area contributed by atoms with Gasteiger partial charge in [-0.2, -0.15) is 5.10 Å². The third kappa shape index (κ3) is 7.51. The van der Waals surface area contributed by atoms with Gasteiger partial charge in [0.25, 0.3) is 11.8 Å². The molecule has 302 valence electrons. The molecular formula is C44H54N6O6S. The van der Waals surface area contributed by atoms with Gasteiger partial charge in [0, 0.05) is 54.4 Å². The lowest BCUT2D eigenvalue weighted by molar-refractivity contribution is 0.0659. The fraction of sp³-hybridized carbons (Fsp3) is 0.477. The van der Waals surface area contributed by atoms with Gasteiger partial charge < -0.3 is 24.3 Å². The fourth-order valence-electron chi connectivity index (χ4n) is 9.17. The summed E-state index contributed by atoms with van der Waals surface area (Å²) in [5, 5.41) is 8.48. The molecule has 2 aromatic carbocycles. The van der Waals surface area contributed by atoms with Crippen LogP contribution in [0.2, 0.25) is 0 Å². The Morgan fingerprint density at radius 2 is 1.79 bits per heavy atom. The molecular weight excluding hydrogens is 741 g/mol. The molecule has 2 aromatic heterocycles. The largest absolute Gasteiger partial charge is 0.497 e. The van der Waals surface area contributed by atoms with Crippen LogP contribution in [0.5, 0.6) is 5.75 Å². The highest BCUT2D eigenvalue weighted by molar-refractivity contribution is 7.90. The zero-order valence-corrected chi connectivity index (χ0v) is 34.2. The lowest BCUT2D eigenvalue weighted by Gasteiger charge is -2.26. The molecule has 0 bridgehead atoms. The lowest BCUT2D eigenvalue weighted by Crippen LogP contribution is -2.39. The Kier molecular flexibility index (Phi) is 11.1.